The molecule has 102 valence electrons. The van der Waals surface area contributed by atoms with Gasteiger partial charge in [0, 0.05) is 6.20 Å². The Morgan fingerprint density at radius 1 is 1.37 bits per heavy atom. The predicted molar refractivity (Wildman–Crippen MR) is 72.1 cm³/mol. The number of carbonyl (C=O) groups excluding carboxylic acids is 1. The molecule has 0 amide bonds. The summed E-state index contributed by atoms with van der Waals surface area (Å²) < 4.78 is 7.14. The Labute approximate surface area is 112 Å². The number of aromatic nitrogens is 3. The fourth-order valence-corrected chi connectivity index (χ4v) is 1.57. The molecular weight excluding hydrogens is 242 g/mol. The van der Waals surface area contributed by atoms with E-state index in [2.05, 4.69) is 31.0 Å². The number of hydrogen-bond donors (Lipinski definition) is 0. The Kier molecular flexibility index (Phi) is 3.55. The summed E-state index contributed by atoms with van der Waals surface area (Å²) in [4.78, 5) is 12.0. The van der Waals surface area contributed by atoms with Gasteiger partial charge in [0.15, 0.2) is 5.65 Å². The van der Waals surface area contributed by atoms with Crippen molar-refractivity contribution in [2.45, 2.75) is 34.1 Å². The lowest BCUT2D eigenvalue weighted by atomic mass is 9.92. The first-order valence-electron chi connectivity index (χ1n) is 6.41. The normalized spacial score (nSPS) is 11.8. The number of fused-ring (bicyclic) bond motifs is 1. The van der Waals surface area contributed by atoms with Crippen molar-refractivity contribution < 1.29 is 9.53 Å². The Hall–Kier alpha value is -1.91. The van der Waals surface area contributed by atoms with Gasteiger partial charge in [0.1, 0.15) is 5.82 Å². The van der Waals surface area contributed by atoms with E-state index in [0.29, 0.717) is 12.2 Å². The molecule has 0 aliphatic rings. The maximum Gasteiger partial charge on any atom is 0.339 e. The predicted octanol–water partition coefficient (Wildman–Crippen LogP) is 2.63. The van der Waals surface area contributed by atoms with Gasteiger partial charge in [-0.25, -0.2) is 4.79 Å². The highest BCUT2D eigenvalue weighted by molar-refractivity contribution is 5.89. The molecule has 0 saturated carbocycles. The lowest BCUT2D eigenvalue weighted by Gasteiger charge is -2.21. The first kappa shape index (κ1) is 13.5. The van der Waals surface area contributed by atoms with Crippen LogP contribution in [0.25, 0.3) is 5.65 Å². The molecule has 0 atom stereocenters. The van der Waals surface area contributed by atoms with Gasteiger partial charge in [0.05, 0.1) is 12.2 Å². The van der Waals surface area contributed by atoms with Crippen molar-refractivity contribution in [3.8, 4) is 0 Å². The van der Waals surface area contributed by atoms with Crippen LogP contribution >= 0.6 is 0 Å². The summed E-state index contributed by atoms with van der Waals surface area (Å²) in [7, 11) is 0. The Morgan fingerprint density at radius 2 is 2.11 bits per heavy atom. The van der Waals surface area contributed by atoms with E-state index in [0.717, 1.165) is 17.9 Å². The van der Waals surface area contributed by atoms with Gasteiger partial charge >= 0.3 is 5.97 Å². The highest BCUT2D eigenvalue weighted by atomic mass is 16.5. The zero-order valence-electron chi connectivity index (χ0n) is 11.8. The highest BCUT2D eigenvalue weighted by Gasteiger charge is 2.19. The molecule has 0 saturated heterocycles. The molecule has 0 aliphatic heterocycles. The van der Waals surface area contributed by atoms with Crippen molar-refractivity contribution in [3.63, 3.8) is 0 Å². The van der Waals surface area contributed by atoms with Crippen molar-refractivity contribution in [1.82, 2.24) is 14.6 Å². The first-order chi connectivity index (χ1) is 8.93. The van der Waals surface area contributed by atoms with Crippen molar-refractivity contribution in [2.24, 2.45) is 5.41 Å². The van der Waals surface area contributed by atoms with Crippen LogP contribution in [-0.2, 0) is 4.74 Å². The molecule has 0 N–H and O–H groups in total. The summed E-state index contributed by atoms with van der Waals surface area (Å²) >= 11 is 0. The van der Waals surface area contributed by atoms with E-state index in [-0.39, 0.29) is 11.4 Å². The van der Waals surface area contributed by atoms with Gasteiger partial charge in [-0.05, 0) is 30.9 Å². The average Bonchev–Trinajstić information content (AvgIpc) is 2.77. The Balaban J connectivity index is 2.15. The molecule has 5 heteroatoms. The molecule has 19 heavy (non-hydrogen) atoms. The minimum Gasteiger partial charge on any atom is -0.461 e. The summed E-state index contributed by atoms with van der Waals surface area (Å²) in [5, 5.41) is 7.93. The molecule has 0 aromatic carbocycles. The zero-order chi connectivity index (χ0) is 14.0. The van der Waals surface area contributed by atoms with Gasteiger partial charge in [-0.3, -0.25) is 4.40 Å². The second-order valence-corrected chi connectivity index (χ2v) is 5.49. The van der Waals surface area contributed by atoms with E-state index in [1.165, 1.54) is 0 Å². The van der Waals surface area contributed by atoms with Gasteiger partial charge in [-0.1, -0.05) is 20.8 Å². The number of pyridine rings is 1. The number of ether oxygens (including phenoxy) is 1. The van der Waals surface area contributed by atoms with Crippen molar-refractivity contribution in [3.05, 3.63) is 29.7 Å². The van der Waals surface area contributed by atoms with E-state index in [4.69, 9.17) is 4.74 Å². The summed E-state index contributed by atoms with van der Waals surface area (Å²) in [5.74, 6) is 0.440. The van der Waals surface area contributed by atoms with Crippen LogP contribution in [0.2, 0.25) is 0 Å². The van der Waals surface area contributed by atoms with Crippen LogP contribution in [0.15, 0.2) is 18.3 Å². The fourth-order valence-electron chi connectivity index (χ4n) is 1.57. The van der Waals surface area contributed by atoms with Crippen LogP contribution in [0.4, 0.5) is 0 Å². The lowest BCUT2D eigenvalue weighted by Crippen LogP contribution is -2.21. The van der Waals surface area contributed by atoms with Gasteiger partial charge in [-0.15, -0.1) is 10.2 Å². The van der Waals surface area contributed by atoms with Crippen molar-refractivity contribution in [1.29, 1.82) is 0 Å². The highest BCUT2D eigenvalue weighted by Crippen LogP contribution is 2.20. The third-order valence-corrected chi connectivity index (χ3v) is 3.36. The summed E-state index contributed by atoms with van der Waals surface area (Å²) in [6.07, 6.45) is 2.68. The van der Waals surface area contributed by atoms with Gasteiger partial charge in [0.25, 0.3) is 0 Å². The molecular formula is C14H19N3O2. The van der Waals surface area contributed by atoms with E-state index >= 15 is 0 Å². The Morgan fingerprint density at radius 3 is 2.79 bits per heavy atom. The summed E-state index contributed by atoms with van der Waals surface area (Å²) in [6, 6.07) is 3.48. The van der Waals surface area contributed by atoms with Crippen LogP contribution in [-0.4, -0.2) is 27.2 Å². The quantitative estimate of drug-likeness (QED) is 0.794. The number of hydrogen-bond acceptors (Lipinski definition) is 4. The lowest BCUT2D eigenvalue weighted by molar-refractivity contribution is 0.0335. The number of carbonyl (C=O) groups is 1. The minimum absolute atomic E-state index is 0.00619. The SMILES string of the molecule is CCC(C)(C)COC(=O)c1ccc2nnc(C)n2c1. The average molecular weight is 261 g/mol. The summed E-state index contributed by atoms with van der Waals surface area (Å²) in [6.45, 7) is 8.50. The molecule has 2 aromatic rings. The molecule has 0 unspecified atom stereocenters. The minimum atomic E-state index is -0.309. The molecule has 2 heterocycles. The molecule has 2 rings (SSSR count). The van der Waals surface area contributed by atoms with Gasteiger partial charge < -0.3 is 4.74 Å². The van der Waals surface area contributed by atoms with E-state index in [1.807, 2.05) is 6.92 Å². The van der Waals surface area contributed by atoms with Crippen molar-refractivity contribution >= 4 is 11.6 Å². The molecule has 0 aliphatic carbocycles. The number of aryl methyl sites for hydroxylation is 1. The molecule has 0 fully saturated rings. The van der Waals surface area contributed by atoms with E-state index < -0.39 is 0 Å². The standard InChI is InChI=1S/C14H19N3O2/c1-5-14(3,4)9-19-13(18)11-6-7-12-16-15-10(2)17(12)8-11/h6-8H,5,9H2,1-4H3. The second-order valence-electron chi connectivity index (χ2n) is 5.49. The molecule has 0 bridgehead atoms. The number of rotatable bonds is 4. The maximum atomic E-state index is 12.0. The van der Waals surface area contributed by atoms with Crippen LogP contribution in [0, 0.1) is 12.3 Å². The molecule has 0 radical (unpaired) electrons. The monoisotopic (exact) mass is 261 g/mol. The third-order valence-electron chi connectivity index (χ3n) is 3.36. The second kappa shape index (κ2) is 4.99. The van der Waals surface area contributed by atoms with Crippen LogP contribution in [0.1, 0.15) is 43.4 Å². The first-order valence-corrected chi connectivity index (χ1v) is 6.41. The van der Waals surface area contributed by atoms with Crippen molar-refractivity contribution in [2.75, 3.05) is 6.61 Å². The smallest absolute Gasteiger partial charge is 0.339 e. The van der Waals surface area contributed by atoms with Gasteiger partial charge in [-0.2, -0.15) is 0 Å². The third kappa shape index (κ3) is 2.92. The zero-order valence-corrected chi connectivity index (χ0v) is 11.8. The van der Waals surface area contributed by atoms with Crippen LogP contribution in [0.5, 0.6) is 0 Å². The van der Waals surface area contributed by atoms with E-state index in [9.17, 15) is 4.79 Å². The van der Waals surface area contributed by atoms with Crippen LogP contribution < -0.4 is 0 Å². The maximum absolute atomic E-state index is 12.0. The largest absolute Gasteiger partial charge is 0.461 e. The number of nitrogens with zero attached hydrogens (tertiary/aromatic N) is 3. The van der Waals surface area contributed by atoms with E-state index in [1.54, 1.807) is 22.7 Å². The fraction of sp³-hybridized carbons (Fsp3) is 0.500. The van der Waals surface area contributed by atoms with Crippen LogP contribution in [0.3, 0.4) is 0 Å². The topological polar surface area (TPSA) is 56.5 Å². The van der Waals surface area contributed by atoms with Gasteiger partial charge in [0.2, 0.25) is 0 Å². The summed E-state index contributed by atoms with van der Waals surface area (Å²) in [5.41, 5.74) is 1.25. The number of esters is 1. The Bertz CT molecular complexity index is 602. The molecule has 0 spiro atoms. The molecule has 5 nitrogen and oxygen atoms in total. The molecule has 2 aromatic heterocycles.